The maximum atomic E-state index is 12.4. The number of anilines is 1. The Balaban J connectivity index is 2.07. The second kappa shape index (κ2) is 7.35. The van der Waals surface area contributed by atoms with Crippen LogP contribution in [0.3, 0.4) is 0 Å². The first-order valence-electron chi connectivity index (χ1n) is 9.45. The molecule has 3 N–H and O–H groups in total. The Bertz CT molecular complexity index is 1190. The third-order valence-corrected chi connectivity index (χ3v) is 4.68. The summed E-state index contributed by atoms with van der Waals surface area (Å²) >= 11 is 0. The SMILES string of the molecule is CCNC(=O)c1nc2c(-c3cc(C)nc(C)c3)c(-c3ccccc3)ncn2c1N. The third kappa shape index (κ3) is 3.31. The minimum absolute atomic E-state index is 0.197. The second-order valence-corrected chi connectivity index (χ2v) is 6.87. The summed E-state index contributed by atoms with van der Waals surface area (Å²) in [5, 5.41) is 2.76. The summed E-state index contributed by atoms with van der Waals surface area (Å²) < 4.78 is 1.66. The number of pyridine rings is 1. The van der Waals surface area contributed by atoms with Gasteiger partial charge in [0, 0.05) is 23.5 Å². The zero-order valence-corrected chi connectivity index (χ0v) is 16.6. The molecule has 0 aliphatic heterocycles. The lowest BCUT2D eigenvalue weighted by molar-refractivity contribution is 0.0952. The highest BCUT2D eigenvalue weighted by Crippen LogP contribution is 2.35. The maximum Gasteiger partial charge on any atom is 0.273 e. The van der Waals surface area contributed by atoms with Gasteiger partial charge in [0.1, 0.15) is 12.1 Å². The molecule has 3 heterocycles. The highest BCUT2D eigenvalue weighted by molar-refractivity contribution is 6.00. The lowest BCUT2D eigenvalue weighted by Crippen LogP contribution is -2.24. The molecule has 0 bridgehead atoms. The van der Waals surface area contributed by atoms with Crippen molar-refractivity contribution >= 4 is 17.4 Å². The topological polar surface area (TPSA) is 98.2 Å². The van der Waals surface area contributed by atoms with E-state index in [1.54, 1.807) is 10.7 Å². The van der Waals surface area contributed by atoms with Crippen LogP contribution in [-0.2, 0) is 0 Å². The van der Waals surface area contributed by atoms with Crippen LogP contribution < -0.4 is 11.1 Å². The van der Waals surface area contributed by atoms with Gasteiger partial charge in [0.2, 0.25) is 0 Å². The summed E-state index contributed by atoms with van der Waals surface area (Å²) in [5.41, 5.74) is 12.3. The fraction of sp³-hybridized carbons (Fsp3) is 0.182. The van der Waals surface area contributed by atoms with Crippen LogP contribution in [0.25, 0.3) is 28.0 Å². The summed E-state index contributed by atoms with van der Waals surface area (Å²) in [4.78, 5) is 26.2. The standard InChI is InChI=1S/C22H22N6O/c1-4-24-22(29)19-20(23)28-12-25-18(15-8-6-5-7-9-15)17(21(28)27-19)16-10-13(2)26-14(3)11-16/h5-12H,4,23H2,1-3H3,(H,24,29). The number of imidazole rings is 1. The average molecular weight is 386 g/mol. The van der Waals surface area contributed by atoms with E-state index in [1.165, 1.54) is 0 Å². The van der Waals surface area contributed by atoms with Crippen molar-refractivity contribution in [2.24, 2.45) is 0 Å². The van der Waals surface area contributed by atoms with Crippen molar-refractivity contribution < 1.29 is 4.79 Å². The van der Waals surface area contributed by atoms with Crippen LogP contribution in [0.15, 0.2) is 48.8 Å². The predicted molar refractivity (Wildman–Crippen MR) is 114 cm³/mol. The van der Waals surface area contributed by atoms with Crippen LogP contribution in [-0.4, -0.2) is 31.8 Å². The first-order valence-corrected chi connectivity index (χ1v) is 9.45. The molecule has 4 aromatic rings. The zero-order chi connectivity index (χ0) is 20.5. The van der Waals surface area contributed by atoms with E-state index in [0.717, 1.165) is 33.8 Å². The highest BCUT2D eigenvalue weighted by Gasteiger charge is 2.22. The van der Waals surface area contributed by atoms with Crippen molar-refractivity contribution in [2.45, 2.75) is 20.8 Å². The van der Waals surface area contributed by atoms with Crippen LogP contribution >= 0.6 is 0 Å². The maximum absolute atomic E-state index is 12.4. The van der Waals surface area contributed by atoms with Gasteiger partial charge in [-0.2, -0.15) is 0 Å². The van der Waals surface area contributed by atoms with Crippen molar-refractivity contribution in [1.82, 2.24) is 24.7 Å². The summed E-state index contributed by atoms with van der Waals surface area (Å²) in [7, 11) is 0. The number of hydrogen-bond donors (Lipinski definition) is 2. The van der Waals surface area contributed by atoms with E-state index in [2.05, 4.69) is 20.3 Å². The van der Waals surface area contributed by atoms with Gasteiger partial charge in [0.25, 0.3) is 5.91 Å². The number of aryl methyl sites for hydroxylation is 2. The lowest BCUT2D eigenvalue weighted by atomic mass is 9.99. The Morgan fingerprint density at radius 1 is 1.07 bits per heavy atom. The lowest BCUT2D eigenvalue weighted by Gasteiger charge is -2.12. The van der Waals surface area contributed by atoms with Gasteiger partial charge >= 0.3 is 0 Å². The molecule has 1 amide bonds. The monoisotopic (exact) mass is 386 g/mol. The predicted octanol–water partition coefficient (Wildman–Crippen LogP) is 3.41. The summed E-state index contributed by atoms with van der Waals surface area (Å²) in [6.45, 7) is 6.25. The fourth-order valence-electron chi connectivity index (χ4n) is 3.50. The summed E-state index contributed by atoms with van der Waals surface area (Å²) in [6.07, 6.45) is 1.62. The molecule has 0 spiro atoms. The first kappa shape index (κ1) is 18.6. The van der Waals surface area contributed by atoms with Crippen LogP contribution in [0.5, 0.6) is 0 Å². The molecule has 0 aliphatic carbocycles. The van der Waals surface area contributed by atoms with E-state index in [9.17, 15) is 4.79 Å². The Morgan fingerprint density at radius 2 is 1.76 bits per heavy atom. The number of nitrogens with one attached hydrogen (secondary N) is 1. The summed E-state index contributed by atoms with van der Waals surface area (Å²) in [6, 6.07) is 13.9. The van der Waals surface area contributed by atoms with Crippen LogP contribution in [0, 0.1) is 13.8 Å². The Morgan fingerprint density at radius 3 is 2.41 bits per heavy atom. The van der Waals surface area contributed by atoms with E-state index in [1.807, 2.05) is 63.2 Å². The highest BCUT2D eigenvalue weighted by atomic mass is 16.1. The van der Waals surface area contributed by atoms with Crippen LogP contribution in [0.4, 0.5) is 5.82 Å². The molecule has 7 nitrogen and oxygen atoms in total. The van der Waals surface area contributed by atoms with Gasteiger partial charge in [-0.3, -0.25) is 14.2 Å². The Kier molecular flexibility index (Phi) is 4.72. The van der Waals surface area contributed by atoms with Crippen molar-refractivity contribution in [1.29, 1.82) is 0 Å². The quantitative estimate of drug-likeness (QED) is 0.560. The van der Waals surface area contributed by atoms with Gasteiger partial charge in [-0.25, -0.2) is 9.97 Å². The van der Waals surface area contributed by atoms with Crippen molar-refractivity contribution in [3.8, 4) is 22.4 Å². The van der Waals surface area contributed by atoms with Crippen molar-refractivity contribution in [3.63, 3.8) is 0 Å². The van der Waals surface area contributed by atoms with Gasteiger partial charge in [-0.05, 0) is 38.5 Å². The average Bonchev–Trinajstić information content (AvgIpc) is 3.04. The minimum Gasteiger partial charge on any atom is -0.383 e. The second-order valence-electron chi connectivity index (χ2n) is 6.87. The number of benzene rings is 1. The molecule has 0 aliphatic rings. The smallest absolute Gasteiger partial charge is 0.273 e. The molecule has 0 saturated carbocycles. The van der Waals surface area contributed by atoms with Gasteiger partial charge in [0.05, 0.1) is 11.3 Å². The zero-order valence-electron chi connectivity index (χ0n) is 16.6. The number of hydrogen-bond acceptors (Lipinski definition) is 5. The third-order valence-electron chi connectivity index (χ3n) is 4.68. The number of nitrogens with two attached hydrogens (primary N) is 1. The molecule has 0 saturated heterocycles. The Labute approximate surface area is 168 Å². The number of carbonyl (C=O) groups excluding carboxylic acids is 1. The molecule has 0 radical (unpaired) electrons. The van der Waals surface area contributed by atoms with Crippen molar-refractivity contribution in [3.05, 3.63) is 65.9 Å². The molecule has 0 atom stereocenters. The molecule has 146 valence electrons. The molecular formula is C22H22N6O. The molecular weight excluding hydrogens is 364 g/mol. The van der Waals surface area contributed by atoms with E-state index in [4.69, 9.17) is 5.73 Å². The van der Waals surface area contributed by atoms with Crippen LogP contribution in [0.2, 0.25) is 0 Å². The number of rotatable bonds is 4. The molecule has 4 rings (SSSR count). The summed E-state index contributed by atoms with van der Waals surface area (Å²) in [5.74, 6) is -0.0372. The number of aromatic nitrogens is 4. The van der Waals surface area contributed by atoms with Gasteiger partial charge < -0.3 is 11.1 Å². The Hall–Kier alpha value is -3.74. The molecule has 1 aromatic carbocycles. The molecule has 29 heavy (non-hydrogen) atoms. The molecule has 0 fully saturated rings. The van der Waals surface area contributed by atoms with Crippen LogP contribution in [0.1, 0.15) is 28.8 Å². The fourth-order valence-corrected chi connectivity index (χ4v) is 3.50. The minimum atomic E-state index is -0.303. The number of fused-ring (bicyclic) bond motifs is 1. The van der Waals surface area contributed by atoms with E-state index >= 15 is 0 Å². The normalized spacial score (nSPS) is 11.0. The largest absolute Gasteiger partial charge is 0.383 e. The number of nitrogen functional groups attached to an aromatic ring is 1. The van der Waals surface area contributed by atoms with E-state index in [-0.39, 0.29) is 17.4 Å². The number of carbonyl (C=O) groups is 1. The van der Waals surface area contributed by atoms with Gasteiger partial charge in [-0.15, -0.1) is 0 Å². The first-order chi connectivity index (χ1) is 14.0. The van der Waals surface area contributed by atoms with E-state index in [0.29, 0.717) is 12.2 Å². The molecule has 0 unspecified atom stereocenters. The molecule has 7 heteroatoms. The molecule has 3 aromatic heterocycles. The van der Waals surface area contributed by atoms with Gasteiger partial charge in [-0.1, -0.05) is 30.3 Å². The van der Waals surface area contributed by atoms with Gasteiger partial charge in [0.15, 0.2) is 11.3 Å². The number of nitrogens with zero attached hydrogens (tertiary/aromatic N) is 4. The van der Waals surface area contributed by atoms with Crippen molar-refractivity contribution in [2.75, 3.05) is 12.3 Å². The number of amides is 1. The van der Waals surface area contributed by atoms with E-state index < -0.39 is 0 Å².